The first kappa shape index (κ1) is 9.00. The molecule has 1 unspecified atom stereocenters. The van der Waals surface area contributed by atoms with Gasteiger partial charge in [0.15, 0.2) is 0 Å². The zero-order chi connectivity index (χ0) is 9.97. The molecular weight excluding hydrogens is 176 g/mol. The lowest BCUT2D eigenvalue weighted by Gasteiger charge is -2.00. The van der Waals surface area contributed by atoms with Crippen LogP contribution in [0.15, 0.2) is 36.4 Å². The van der Waals surface area contributed by atoms with Crippen molar-refractivity contribution in [2.45, 2.75) is 6.92 Å². The van der Waals surface area contributed by atoms with Crippen LogP contribution in [0.2, 0.25) is 0 Å². The minimum Gasteiger partial charge on any atom is -0.465 e. The van der Waals surface area contributed by atoms with Crippen molar-refractivity contribution in [1.82, 2.24) is 0 Å². The second-order valence-corrected chi connectivity index (χ2v) is 3.22. The van der Waals surface area contributed by atoms with Crippen molar-refractivity contribution in [2.75, 3.05) is 6.61 Å². The summed E-state index contributed by atoms with van der Waals surface area (Å²) in [7, 11) is 0. The highest BCUT2D eigenvalue weighted by atomic mass is 16.5. The topological polar surface area (TPSA) is 26.3 Å². The second-order valence-electron chi connectivity index (χ2n) is 3.22. The van der Waals surface area contributed by atoms with Crippen molar-refractivity contribution in [3.05, 3.63) is 42.0 Å². The highest BCUT2D eigenvalue weighted by Crippen LogP contribution is 2.38. The van der Waals surface area contributed by atoms with E-state index in [1.54, 1.807) is 0 Å². The fourth-order valence-corrected chi connectivity index (χ4v) is 1.46. The van der Waals surface area contributed by atoms with Gasteiger partial charge in [0.1, 0.15) is 5.92 Å². The van der Waals surface area contributed by atoms with E-state index in [9.17, 15) is 4.79 Å². The maximum absolute atomic E-state index is 11.3. The van der Waals surface area contributed by atoms with E-state index in [4.69, 9.17) is 4.74 Å². The van der Waals surface area contributed by atoms with E-state index in [0.29, 0.717) is 6.61 Å². The van der Waals surface area contributed by atoms with Crippen molar-refractivity contribution in [3.8, 4) is 0 Å². The highest BCUT2D eigenvalue weighted by Gasteiger charge is 2.33. The number of benzene rings is 1. The number of esters is 1. The minimum atomic E-state index is -0.133. The molecule has 0 heterocycles. The summed E-state index contributed by atoms with van der Waals surface area (Å²) in [4.78, 5) is 11.3. The zero-order valence-corrected chi connectivity index (χ0v) is 8.07. The molecule has 1 aliphatic rings. The van der Waals surface area contributed by atoms with Gasteiger partial charge in [0.2, 0.25) is 0 Å². The normalized spacial score (nSPS) is 18.6. The quantitative estimate of drug-likeness (QED) is 0.680. The molecule has 0 radical (unpaired) electrons. The van der Waals surface area contributed by atoms with Crippen LogP contribution in [0.1, 0.15) is 12.5 Å². The molecule has 1 atom stereocenters. The summed E-state index contributed by atoms with van der Waals surface area (Å²) in [5, 5.41) is 0. The van der Waals surface area contributed by atoms with Crippen LogP contribution in [0.3, 0.4) is 0 Å². The van der Waals surface area contributed by atoms with Crippen LogP contribution < -0.4 is 0 Å². The number of rotatable bonds is 3. The van der Waals surface area contributed by atoms with Gasteiger partial charge in [-0.3, -0.25) is 4.79 Å². The molecule has 2 nitrogen and oxygen atoms in total. The third-order valence-corrected chi connectivity index (χ3v) is 2.22. The average molecular weight is 188 g/mol. The maximum Gasteiger partial charge on any atom is 0.317 e. The Morgan fingerprint density at radius 1 is 1.36 bits per heavy atom. The van der Waals surface area contributed by atoms with Crippen molar-refractivity contribution >= 4 is 11.5 Å². The zero-order valence-electron chi connectivity index (χ0n) is 8.07. The van der Waals surface area contributed by atoms with Gasteiger partial charge in [-0.25, -0.2) is 0 Å². The molecule has 0 amide bonds. The molecule has 0 aromatic heterocycles. The summed E-state index contributed by atoms with van der Waals surface area (Å²) < 4.78 is 4.93. The van der Waals surface area contributed by atoms with Crippen molar-refractivity contribution < 1.29 is 9.53 Å². The Labute approximate surface area is 83.2 Å². The Balaban J connectivity index is 1.99. The van der Waals surface area contributed by atoms with E-state index in [2.05, 4.69) is 0 Å². The molecule has 0 fully saturated rings. The molecule has 0 aliphatic heterocycles. The maximum atomic E-state index is 11.3. The summed E-state index contributed by atoms with van der Waals surface area (Å²) >= 11 is 0. The smallest absolute Gasteiger partial charge is 0.317 e. The Kier molecular flexibility index (Phi) is 2.35. The van der Waals surface area contributed by atoms with E-state index in [0.717, 1.165) is 11.1 Å². The number of hydrogen-bond donors (Lipinski definition) is 0. The lowest BCUT2D eigenvalue weighted by atomic mass is 10.1. The summed E-state index contributed by atoms with van der Waals surface area (Å²) in [6, 6.07) is 9.91. The molecule has 1 aliphatic carbocycles. The minimum absolute atomic E-state index is 0.0997. The molecule has 14 heavy (non-hydrogen) atoms. The molecule has 2 rings (SSSR count). The van der Waals surface area contributed by atoms with Crippen LogP contribution in [0.5, 0.6) is 0 Å². The molecular formula is C12H12O2. The number of ether oxygens (including phenoxy) is 1. The summed E-state index contributed by atoms with van der Waals surface area (Å²) in [5.41, 5.74) is 2.20. The molecule has 0 spiro atoms. The van der Waals surface area contributed by atoms with Gasteiger partial charge in [-0.05, 0) is 18.1 Å². The Bertz CT molecular complexity index is 365. The molecule has 1 aromatic carbocycles. The highest BCUT2D eigenvalue weighted by molar-refractivity contribution is 6.00. The van der Waals surface area contributed by atoms with Gasteiger partial charge in [0.25, 0.3) is 0 Å². The van der Waals surface area contributed by atoms with Gasteiger partial charge in [0, 0.05) is 0 Å². The van der Waals surface area contributed by atoms with E-state index in [1.807, 2.05) is 43.3 Å². The van der Waals surface area contributed by atoms with Gasteiger partial charge in [-0.2, -0.15) is 0 Å². The second kappa shape index (κ2) is 3.66. The van der Waals surface area contributed by atoms with Gasteiger partial charge in [-0.1, -0.05) is 36.4 Å². The predicted octanol–water partition coefficient (Wildman–Crippen LogP) is 2.26. The third-order valence-electron chi connectivity index (χ3n) is 2.22. The van der Waals surface area contributed by atoms with Crippen LogP contribution in [0, 0.1) is 5.92 Å². The summed E-state index contributed by atoms with van der Waals surface area (Å²) in [5.74, 6) is -0.233. The Morgan fingerprint density at radius 2 is 2.07 bits per heavy atom. The fraction of sp³-hybridized carbons (Fsp3) is 0.250. The molecule has 0 N–H and O–H groups in total. The monoisotopic (exact) mass is 188 g/mol. The van der Waals surface area contributed by atoms with E-state index >= 15 is 0 Å². The van der Waals surface area contributed by atoms with E-state index in [1.165, 1.54) is 0 Å². The SMILES string of the molecule is CCOC(=O)C1C=C1c1ccccc1. The van der Waals surface area contributed by atoms with Crippen LogP contribution >= 0.6 is 0 Å². The van der Waals surface area contributed by atoms with Gasteiger partial charge in [-0.15, -0.1) is 0 Å². The lowest BCUT2D eigenvalue weighted by molar-refractivity contribution is -0.143. The molecule has 0 saturated carbocycles. The molecule has 72 valence electrons. The van der Waals surface area contributed by atoms with Crippen LogP contribution in [-0.2, 0) is 9.53 Å². The van der Waals surface area contributed by atoms with Crippen molar-refractivity contribution in [3.63, 3.8) is 0 Å². The third kappa shape index (κ3) is 1.69. The van der Waals surface area contributed by atoms with Gasteiger partial charge >= 0.3 is 5.97 Å². The van der Waals surface area contributed by atoms with Crippen LogP contribution in [-0.4, -0.2) is 12.6 Å². The fourth-order valence-electron chi connectivity index (χ4n) is 1.46. The largest absolute Gasteiger partial charge is 0.465 e. The summed E-state index contributed by atoms with van der Waals surface area (Å²) in [6.45, 7) is 2.27. The predicted molar refractivity (Wildman–Crippen MR) is 54.5 cm³/mol. The van der Waals surface area contributed by atoms with Crippen molar-refractivity contribution in [2.24, 2.45) is 5.92 Å². The first-order chi connectivity index (χ1) is 6.83. The van der Waals surface area contributed by atoms with Crippen molar-refractivity contribution in [1.29, 1.82) is 0 Å². The molecule has 1 aromatic rings. The Morgan fingerprint density at radius 3 is 2.71 bits per heavy atom. The Hall–Kier alpha value is -1.57. The number of hydrogen-bond acceptors (Lipinski definition) is 2. The van der Waals surface area contributed by atoms with E-state index < -0.39 is 0 Å². The van der Waals surface area contributed by atoms with Crippen LogP contribution in [0.25, 0.3) is 5.57 Å². The average Bonchev–Trinajstić information content (AvgIpc) is 2.99. The number of carbonyl (C=O) groups excluding carboxylic acids is 1. The number of carbonyl (C=O) groups is 1. The van der Waals surface area contributed by atoms with E-state index in [-0.39, 0.29) is 11.9 Å². The molecule has 2 heteroatoms. The lowest BCUT2D eigenvalue weighted by Crippen LogP contribution is -2.07. The first-order valence-corrected chi connectivity index (χ1v) is 4.76. The molecule has 0 bridgehead atoms. The molecule has 0 saturated heterocycles. The first-order valence-electron chi connectivity index (χ1n) is 4.76. The summed E-state index contributed by atoms with van der Waals surface area (Å²) in [6.07, 6.45) is 1.94. The van der Waals surface area contributed by atoms with Gasteiger partial charge in [0.05, 0.1) is 6.61 Å². The van der Waals surface area contributed by atoms with Crippen LogP contribution in [0.4, 0.5) is 0 Å². The van der Waals surface area contributed by atoms with Gasteiger partial charge < -0.3 is 4.74 Å². The standard InChI is InChI=1S/C12H12O2/c1-2-14-12(13)11-8-10(11)9-6-4-3-5-7-9/h3-8,11H,2H2,1H3.